The highest BCUT2D eigenvalue weighted by Gasteiger charge is 2.34. The van der Waals surface area contributed by atoms with Crippen LogP contribution in [0.3, 0.4) is 0 Å². The fourth-order valence-electron chi connectivity index (χ4n) is 1.93. The Kier molecular flexibility index (Phi) is 3.38. The lowest BCUT2D eigenvalue weighted by Gasteiger charge is -2.13. The van der Waals surface area contributed by atoms with Crippen LogP contribution >= 0.6 is 11.6 Å². The summed E-state index contributed by atoms with van der Waals surface area (Å²) in [5, 5.41) is 18.5. The van der Waals surface area contributed by atoms with E-state index in [4.69, 9.17) is 22.4 Å². The van der Waals surface area contributed by atoms with Crippen molar-refractivity contribution in [3.8, 4) is 0 Å². The van der Waals surface area contributed by atoms with E-state index < -0.39 is 30.3 Å². The highest BCUT2D eigenvalue weighted by molar-refractivity contribution is 6.32. The molecule has 0 fully saturated rings. The Bertz CT molecular complexity index is 572. The number of anilines is 1. The molecule has 2 unspecified atom stereocenters. The van der Waals surface area contributed by atoms with Gasteiger partial charge in [0.25, 0.3) is 0 Å². The van der Waals surface area contributed by atoms with Crippen LogP contribution in [0.15, 0.2) is 22.4 Å². The van der Waals surface area contributed by atoms with Gasteiger partial charge in [0.15, 0.2) is 0 Å². The van der Waals surface area contributed by atoms with Crippen LogP contribution in [0.25, 0.3) is 0 Å². The van der Waals surface area contributed by atoms with Crippen molar-refractivity contribution in [1.29, 1.82) is 0 Å². The van der Waals surface area contributed by atoms with E-state index in [1.807, 2.05) is 0 Å². The third-order valence-corrected chi connectivity index (χ3v) is 3.18. The van der Waals surface area contributed by atoms with Crippen molar-refractivity contribution >= 4 is 17.4 Å². The first-order chi connectivity index (χ1) is 8.45. The van der Waals surface area contributed by atoms with Crippen molar-refractivity contribution < 1.29 is 14.6 Å². The lowest BCUT2D eigenvalue weighted by molar-refractivity contribution is 0.181. The number of hydrogen-bond acceptors (Lipinski definition) is 5. The van der Waals surface area contributed by atoms with Gasteiger partial charge in [0, 0.05) is 18.2 Å². The van der Waals surface area contributed by atoms with E-state index in [0.717, 1.165) is 4.57 Å². The molecule has 0 amide bonds. The number of rotatable bonds is 2. The summed E-state index contributed by atoms with van der Waals surface area (Å²) in [7, 11) is 0. The lowest BCUT2D eigenvalue weighted by Crippen LogP contribution is -2.27. The normalized spacial score (nSPS) is 23.8. The van der Waals surface area contributed by atoms with Crippen LogP contribution in [0.5, 0.6) is 0 Å². The van der Waals surface area contributed by atoms with E-state index >= 15 is 0 Å². The minimum absolute atomic E-state index is 0.0225. The zero-order valence-corrected chi connectivity index (χ0v) is 9.93. The highest BCUT2D eigenvalue weighted by Crippen LogP contribution is 2.36. The predicted octanol–water partition coefficient (Wildman–Crippen LogP) is 0.000500. The molecule has 1 aliphatic rings. The maximum atomic E-state index is 13.9. The molecule has 0 radical (unpaired) electrons. The highest BCUT2D eigenvalue weighted by atomic mass is 35.5. The molecule has 0 saturated carbocycles. The monoisotopic (exact) mass is 275 g/mol. The predicted molar refractivity (Wildman–Crippen MR) is 62.8 cm³/mol. The third-order valence-electron chi connectivity index (χ3n) is 2.89. The Labute approximate surface area is 106 Å². The molecular formula is C10H11ClFN3O3. The summed E-state index contributed by atoms with van der Waals surface area (Å²) in [4.78, 5) is 15.1. The zero-order valence-electron chi connectivity index (χ0n) is 9.18. The van der Waals surface area contributed by atoms with Crippen LogP contribution in [0.2, 0.25) is 5.02 Å². The summed E-state index contributed by atoms with van der Waals surface area (Å²) in [6.07, 6.45) is -0.00389. The van der Waals surface area contributed by atoms with Crippen LogP contribution in [-0.4, -0.2) is 32.5 Å². The summed E-state index contributed by atoms with van der Waals surface area (Å²) < 4.78 is 14.9. The maximum absolute atomic E-state index is 13.9. The second-order valence-electron chi connectivity index (χ2n) is 3.96. The summed E-state index contributed by atoms with van der Waals surface area (Å²) in [6, 6.07) is -1.01. The summed E-state index contributed by atoms with van der Waals surface area (Å²) in [5.74, 6) is -0.877. The number of aliphatic hydroxyl groups is 2. The number of aliphatic hydroxyl groups excluding tert-OH is 2. The Hall–Kier alpha value is -1.44. The van der Waals surface area contributed by atoms with Crippen molar-refractivity contribution in [2.24, 2.45) is 0 Å². The van der Waals surface area contributed by atoms with Gasteiger partial charge in [-0.2, -0.15) is 4.98 Å². The van der Waals surface area contributed by atoms with Crippen LogP contribution < -0.4 is 11.4 Å². The van der Waals surface area contributed by atoms with Gasteiger partial charge in [-0.15, -0.1) is 0 Å². The van der Waals surface area contributed by atoms with Crippen molar-refractivity contribution in [3.63, 3.8) is 0 Å². The van der Waals surface area contributed by atoms with Crippen molar-refractivity contribution in [1.82, 2.24) is 9.55 Å². The zero-order chi connectivity index (χ0) is 13.4. The Morgan fingerprint density at radius 3 is 2.89 bits per heavy atom. The minimum atomic E-state index is -1.12. The fourth-order valence-corrected chi connectivity index (χ4v) is 2.08. The summed E-state index contributed by atoms with van der Waals surface area (Å²) in [6.45, 7) is -0.603. The third kappa shape index (κ3) is 2.00. The van der Waals surface area contributed by atoms with Gasteiger partial charge in [0.2, 0.25) is 0 Å². The van der Waals surface area contributed by atoms with E-state index in [-0.39, 0.29) is 22.8 Å². The van der Waals surface area contributed by atoms with Crippen molar-refractivity contribution in [3.05, 3.63) is 33.1 Å². The molecule has 1 aromatic rings. The van der Waals surface area contributed by atoms with Crippen LogP contribution in [0, 0.1) is 0 Å². The van der Waals surface area contributed by atoms with E-state index in [1.54, 1.807) is 0 Å². The molecule has 6 nitrogen and oxygen atoms in total. The summed E-state index contributed by atoms with van der Waals surface area (Å²) >= 11 is 5.72. The molecule has 0 aliphatic heterocycles. The number of nitrogen functional groups attached to an aromatic ring is 1. The van der Waals surface area contributed by atoms with E-state index in [0.29, 0.717) is 0 Å². The molecule has 1 heterocycles. The number of halogens is 2. The molecule has 4 N–H and O–H groups in total. The maximum Gasteiger partial charge on any atom is 0.350 e. The molecule has 0 aromatic carbocycles. The smallest absolute Gasteiger partial charge is 0.350 e. The Morgan fingerprint density at radius 2 is 2.33 bits per heavy atom. The van der Waals surface area contributed by atoms with Crippen molar-refractivity contribution in [2.75, 3.05) is 12.3 Å². The largest absolute Gasteiger partial charge is 0.392 e. The number of nitrogens with zero attached hydrogens (tertiary/aromatic N) is 2. The SMILES string of the molecule is Nc1nc(=O)n(C2CC(O)C(CO)=C2F)cc1Cl. The molecule has 0 bridgehead atoms. The number of hydrogen-bond donors (Lipinski definition) is 3. The number of nitrogens with two attached hydrogens (primary N) is 1. The standard InChI is InChI=1S/C10H11ClFN3O3/c11-5-2-15(10(18)14-9(5)13)6-1-7(17)4(3-16)8(6)12/h2,6-7,16-17H,1,3H2,(H2,13,14,18). The number of aromatic nitrogens is 2. The quantitative estimate of drug-likeness (QED) is 0.705. The molecule has 1 aromatic heterocycles. The van der Waals surface area contributed by atoms with Crippen LogP contribution in [-0.2, 0) is 0 Å². The molecule has 2 atom stereocenters. The topological polar surface area (TPSA) is 101 Å². The second kappa shape index (κ2) is 4.68. The van der Waals surface area contributed by atoms with Gasteiger partial charge in [0.05, 0.1) is 23.8 Å². The Morgan fingerprint density at radius 1 is 1.67 bits per heavy atom. The van der Waals surface area contributed by atoms with Gasteiger partial charge in [0.1, 0.15) is 11.6 Å². The second-order valence-corrected chi connectivity index (χ2v) is 4.37. The van der Waals surface area contributed by atoms with Gasteiger partial charge in [-0.3, -0.25) is 4.57 Å². The van der Waals surface area contributed by atoms with Gasteiger partial charge >= 0.3 is 5.69 Å². The first kappa shape index (κ1) is 13.0. The number of allylic oxidation sites excluding steroid dienone is 1. The first-order valence-electron chi connectivity index (χ1n) is 5.17. The van der Waals surface area contributed by atoms with E-state index in [1.165, 1.54) is 6.20 Å². The van der Waals surface area contributed by atoms with Crippen molar-refractivity contribution in [2.45, 2.75) is 18.6 Å². The summed E-state index contributed by atoms with van der Waals surface area (Å²) in [5.41, 5.74) is 4.47. The molecule has 8 heteroatoms. The molecule has 0 spiro atoms. The van der Waals surface area contributed by atoms with Crippen LogP contribution in [0.1, 0.15) is 12.5 Å². The molecular weight excluding hydrogens is 265 g/mol. The van der Waals surface area contributed by atoms with Gasteiger partial charge in [-0.25, -0.2) is 9.18 Å². The average Bonchev–Trinajstić information content (AvgIpc) is 2.59. The molecule has 0 saturated heterocycles. The lowest BCUT2D eigenvalue weighted by atomic mass is 10.2. The Balaban J connectivity index is 2.49. The van der Waals surface area contributed by atoms with E-state index in [2.05, 4.69) is 4.98 Å². The van der Waals surface area contributed by atoms with E-state index in [9.17, 15) is 14.3 Å². The van der Waals surface area contributed by atoms with Gasteiger partial charge in [-0.1, -0.05) is 11.6 Å². The van der Waals surface area contributed by atoms with Crippen LogP contribution in [0.4, 0.5) is 10.2 Å². The van der Waals surface area contributed by atoms with Gasteiger partial charge < -0.3 is 15.9 Å². The van der Waals surface area contributed by atoms with Gasteiger partial charge in [-0.05, 0) is 0 Å². The fraction of sp³-hybridized carbons (Fsp3) is 0.400. The molecule has 18 heavy (non-hydrogen) atoms. The first-order valence-corrected chi connectivity index (χ1v) is 5.55. The molecule has 2 rings (SSSR count). The average molecular weight is 276 g/mol. The molecule has 98 valence electrons. The molecule has 1 aliphatic carbocycles. The minimum Gasteiger partial charge on any atom is -0.392 e.